The fraction of sp³-hybridized carbons (Fsp3) is 0.296. The van der Waals surface area contributed by atoms with Gasteiger partial charge in [0.05, 0.1) is 10.6 Å². The zero-order chi connectivity index (χ0) is 23.5. The lowest BCUT2D eigenvalue weighted by Crippen LogP contribution is -2.45. The van der Waals surface area contributed by atoms with Crippen molar-refractivity contribution < 1.29 is 17.9 Å². The maximum atomic E-state index is 13.5. The Morgan fingerprint density at radius 3 is 2.12 bits per heavy atom. The third kappa shape index (κ3) is 4.80. The van der Waals surface area contributed by atoms with Gasteiger partial charge in [-0.1, -0.05) is 42.8 Å². The Hall–Kier alpha value is -3.32. The molecule has 1 amide bonds. The lowest BCUT2D eigenvalue weighted by molar-refractivity contribution is -0.120. The van der Waals surface area contributed by atoms with E-state index in [1.165, 1.54) is 17.1 Å². The van der Waals surface area contributed by atoms with Gasteiger partial charge in [0.25, 0.3) is 10.0 Å². The molecule has 5 rings (SSSR count). The summed E-state index contributed by atoms with van der Waals surface area (Å²) in [5.74, 6) is 2.20. The summed E-state index contributed by atoms with van der Waals surface area (Å²) in [7, 11) is -3.93. The highest BCUT2D eigenvalue weighted by atomic mass is 32.2. The summed E-state index contributed by atoms with van der Waals surface area (Å²) in [6.45, 7) is -0.274. The molecule has 2 aliphatic rings. The first kappa shape index (κ1) is 22.5. The van der Waals surface area contributed by atoms with Gasteiger partial charge in [-0.25, -0.2) is 8.42 Å². The van der Waals surface area contributed by atoms with Crippen LogP contribution in [0.25, 0.3) is 0 Å². The summed E-state index contributed by atoms with van der Waals surface area (Å²) < 4.78 is 34.1. The number of fused-ring (bicyclic) bond motifs is 2. The summed E-state index contributed by atoms with van der Waals surface area (Å²) in [6, 6.07) is 24.5. The summed E-state index contributed by atoms with van der Waals surface area (Å²) in [6.07, 6.45) is 4.54. The Morgan fingerprint density at radius 1 is 0.853 bits per heavy atom. The van der Waals surface area contributed by atoms with Crippen LogP contribution >= 0.6 is 0 Å². The van der Waals surface area contributed by atoms with Crippen LogP contribution in [0.15, 0.2) is 89.8 Å². The summed E-state index contributed by atoms with van der Waals surface area (Å²) in [4.78, 5) is 13.1. The molecule has 2 bridgehead atoms. The van der Waals surface area contributed by atoms with Gasteiger partial charge in [-0.2, -0.15) is 0 Å². The van der Waals surface area contributed by atoms with Crippen molar-refractivity contribution in [2.45, 2.75) is 36.6 Å². The largest absolute Gasteiger partial charge is 0.457 e. The Balaban J connectivity index is 1.38. The van der Waals surface area contributed by atoms with Crippen molar-refractivity contribution in [2.75, 3.05) is 10.8 Å². The van der Waals surface area contributed by atoms with Gasteiger partial charge in [-0.15, -0.1) is 0 Å². The second-order valence-corrected chi connectivity index (χ2v) is 10.9. The van der Waals surface area contributed by atoms with Crippen molar-refractivity contribution in [1.29, 1.82) is 0 Å². The zero-order valence-corrected chi connectivity index (χ0v) is 19.7. The second kappa shape index (κ2) is 9.50. The van der Waals surface area contributed by atoms with Crippen LogP contribution in [0, 0.1) is 11.8 Å². The number of amides is 1. The molecule has 1 N–H and O–H groups in total. The average molecular weight is 477 g/mol. The third-order valence-electron chi connectivity index (χ3n) is 6.81. The number of carbonyl (C=O) groups excluding carboxylic acids is 1. The molecular weight excluding hydrogens is 448 g/mol. The van der Waals surface area contributed by atoms with Crippen LogP contribution in [-0.2, 0) is 14.8 Å². The monoisotopic (exact) mass is 476 g/mol. The van der Waals surface area contributed by atoms with Crippen molar-refractivity contribution in [3.63, 3.8) is 0 Å². The number of nitrogens with zero attached hydrogens (tertiary/aromatic N) is 1. The van der Waals surface area contributed by atoms with Gasteiger partial charge >= 0.3 is 0 Å². The third-order valence-corrected chi connectivity index (χ3v) is 8.59. The van der Waals surface area contributed by atoms with E-state index in [1.54, 1.807) is 54.6 Å². The minimum absolute atomic E-state index is 0.146. The number of hydrogen-bond acceptors (Lipinski definition) is 4. The highest BCUT2D eigenvalue weighted by Crippen LogP contribution is 2.44. The Labute approximate surface area is 200 Å². The molecular formula is C27H28N2O4S. The number of para-hydroxylation sites is 1. The number of anilines is 1. The quantitative estimate of drug-likeness (QED) is 0.498. The van der Waals surface area contributed by atoms with E-state index in [1.807, 2.05) is 30.3 Å². The molecule has 34 heavy (non-hydrogen) atoms. The standard InChI is InChI=1S/C27H28N2O4S/c30-27(28-26-18-20-11-12-21(26)17-20)19-29(34(31,32)25-9-5-2-6-10-25)22-13-15-24(16-14-22)33-23-7-3-1-4-8-23/h1-10,13-16,20-21,26H,11-12,17-19H2,(H,28,30)/t20-,21-,26-/m0/s1. The Bertz CT molecular complexity index is 1230. The number of ether oxygens (including phenoxy) is 1. The number of hydrogen-bond donors (Lipinski definition) is 1. The molecule has 2 saturated carbocycles. The molecule has 2 aliphatic carbocycles. The van der Waals surface area contributed by atoms with Gasteiger partial charge in [-0.05, 0) is 79.6 Å². The van der Waals surface area contributed by atoms with Crippen LogP contribution in [0.5, 0.6) is 11.5 Å². The molecule has 6 nitrogen and oxygen atoms in total. The van der Waals surface area contributed by atoms with Crippen molar-refractivity contribution in [2.24, 2.45) is 11.8 Å². The zero-order valence-electron chi connectivity index (χ0n) is 18.8. The van der Waals surface area contributed by atoms with Crippen molar-refractivity contribution in [3.05, 3.63) is 84.9 Å². The average Bonchev–Trinajstić information content (AvgIpc) is 3.48. The summed E-state index contributed by atoms with van der Waals surface area (Å²) >= 11 is 0. The van der Waals surface area contributed by atoms with Gasteiger partial charge in [0, 0.05) is 6.04 Å². The number of sulfonamides is 1. The van der Waals surface area contributed by atoms with Gasteiger partial charge in [0.2, 0.25) is 5.91 Å². The van der Waals surface area contributed by atoms with E-state index in [4.69, 9.17) is 4.74 Å². The predicted molar refractivity (Wildman–Crippen MR) is 131 cm³/mol. The number of nitrogens with one attached hydrogen (secondary N) is 1. The number of benzene rings is 3. The molecule has 3 atom stereocenters. The molecule has 7 heteroatoms. The molecule has 176 valence electrons. The van der Waals surface area contributed by atoms with Gasteiger partial charge < -0.3 is 10.1 Å². The minimum atomic E-state index is -3.93. The second-order valence-electron chi connectivity index (χ2n) is 9.08. The van der Waals surface area contributed by atoms with Crippen LogP contribution in [-0.4, -0.2) is 26.9 Å². The molecule has 0 saturated heterocycles. The highest BCUT2D eigenvalue weighted by Gasteiger charge is 2.40. The van der Waals surface area contributed by atoms with Crippen LogP contribution in [0.3, 0.4) is 0 Å². The molecule has 0 unspecified atom stereocenters. The minimum Gasteiger partial charge on any atom is -0.457 e. The Kier molecular flexibility index (Phi) is 6.28. The summed E-state index contributed by atoms with van der Waals surface area (Å²) in [5.41, 5.74) is 0.410. The first-order valence-corrected chi connectivity index (χ1v) is 13.1. The smallest absolute Gasteiger partial charge is 0.264 e. The van der Waals surface area contributed by atoms with Crippen LogP contribution in [0.4, 0.5) is 5.69 Å². The van der Waals surface area contributed by atoms with E-state index in [0.717, 1.165) is 12.8 Å². The van der Waals surface area contributed by atoms with Crippen molar-refractivity contribution in [1.82, 2.24) is 5.32 Å². The van der Waals surface area contributed by atoms with E-state index in [-0.39, 0.29) is 23.4 Å². The number of carbonyl (C=O) groups is 1. The van der Waals surface area contributed by atoms with Gasteiger partial charge in [-0.3, -0.25) is 9.10 Å². The first-order chi connectivity index (χ1) is 16.5. The molecule has 0 radical (unpaired) electrons. The van der Waals surface area contributed by atoms with Crippen LogP contribution in [0.1, 0.15) is 25.7 Å². The van der Waals surface area contributed by atoms with Crippen molar-refractivity contribution in [3.8, 4) is 11.5 Å². The lowest BCUT2D eigenvalue weighted by atomic mass is 9.95. The molecule has 0 heterocycles. The molecule has 3 aromatic rings. The summed E-state index contributed by atoms with van der Waals surface area (Å²) in [5, 5.41) is 3.11. The number of rotatable bonds is 8. The molecule has 3 aromatic carbocycles. The normalized spacial score (nSPS) is 21.2. The first-order valence-electron chi connectivity index (χ1n) is 11.7. The van der Waals surface area contributed by atoms with Gasteiger partial charge in [0.15, 0.2) is 0 Å². The van der Waals surface area contributed by atoms with E-state index < -0.39 is 10.0 Å². The highest BCUT2D eigenvalue weighted by molar-refractivity contribution is 7.92. The van der Waals surface area contributed by atoms with E-state index >= 15 is 0 Å². The van der Waals surface area contributed by atoms with Crippen molar-refractivity contribution >= 4 is 21.6 Å². The fourth-order valence-electron chi connectivity index (χ4n) is 5.14. The molecule has 0 spiro atoms. The maximum absolute atomic E-state index is 13.5. The van der Waals surface area contributed by atoms with Gasteiger partial charge in [0.1, 0.15) is 18.0 Å². The molecule has 2 fully saturated rings. The fourth-order valence-corrected chi connectivity index (χ4v) is 6.59. The maximum Gasteiger partial charge on any atom is 0.264 e. The topological polar surface area (TPSA) is 75.7 Å². The Morgan fingerprint density at radius 2 is 1.50 bits per heavy atom. The lowest BCUT2D eigenvalue weighted by Gasteiger charge is -2.27. The predicted octanol–water partition coefficient (Wildman–Crippen LogP) is 4.98. The van der Waals surface area contributed by atoms with Crippen LogP contribution < -0.4 is 14.4 Å². The van der Waals surface area contributed by atoms with E-state index in [2.05, 4.69) is 5.32 Å². The molecule has 0 aliphatic heterocycles. The molecule has 0 aromatic heterocycles. The van der Waals surface area contributed by atoms with E-state index in [0.29, 0.717) is 29.0 Å². The van der Waals surface area contributed by atoms with E-state index in [9.17, 15) is 13.2 Å². The SMILES string of the molecule is O=C(CN(c1ccc(Oc2ccccc2)cc1)S(=O)(=O)c1ccccc1)N[C@H]1C[C@H]2CC[C@H]1C2. The van der Waals surface area contributed by atoms with Crippen LogP contribution in [0.2, 0.25) is 0 Å².